The molecule has 8 heteroatoms. The summed E-state index contributed by atoms with van der Waals surface area (Å²) in [4.78, 5) is 32.9. The second kappa shape index (κ2) is 6.28. The molecular weight excluding hydrogens is 325 g/mol. The van der Waals surface area contributed by atoms with E-state index in [2.05, 4.69) is 15.9 Å². The molecule has 0 aliphatic carbocycles. The third-order valence-electron chi connectivity index (χ3n) is 2.16. The molecule has 0 saturated heterocycles. The van der Waals surface area contributed by atoms with Crippen LogP contribution in [0.3, 0.4) is 0 Å². The Morgan fingerprint density at radius 3 is 2.42 bits per heavy atom. The predicted molar refractivity (Wildman–Crippen MR) is 65.2 cm³/mol. The number of carbonyl (C=O) groups excluding carboxylic acids is 1. The van der Waals surface area contributed by atoms with Crippen molar-refractivity contribution in [3.05, 3.63) is 34.1 Å². The van der Waals surface area contributed by atoms with E-state index < -0.39 is 36.1 Å². The molecule has 6 nitrogen and oxygen atoms in total. The largest absolute Gasteiger partial charge is 0.481 e. The van der Waals surface area contributed by atoms with Crippen molar-refractivity contribution in [1.82, 2.24) is 5.32 Å². The minimum atomic E-state index is -1.62. The molecule has 19 heavy (non-hydrogen) atoms. The highest BCUT2D eigenvalue weighted by molar-refractivity contribution is 9.10. The Morgan fingerprint density at radius 2 is 1.95 bits per heavy atom. The first-order valence-corrected chi connectivity index (χ1v) is 5.81. The number of carbonyl (C=O) groups is 3. The maximum Gasteiger partial charge on any atom is 0.326 e. The number of amides is 1. The van der Waals surface area contributed by atoms with Crippen LogP contribution in [0.5, 0.6) is 0 Å². The average Bonchev–Trinajstić information content (AvgIpc) is 2.26. The van der Waals surface area contributed by atoms with Gasteiger partial charge in [0.1, 0.15) is 11.9 Å². The zero-order chi connectivity index (χ0) is 14.6. The Balaban J connectivity index is 2.87. The van der Waals surface area contributed by atoms with E-state index in [1.165, 1.54) is 6.07 Å². The van der Waals surface area contributed by atoms with E-state index >= 15 is 0 Å². The molecule has 0 fully saturated rings. The first kappa shape index (κ1) is 15.1. The van der Waals surface area contributed by atoms with Gasteiger partial charge in [0.2, 0.25) is 0 Å². The van der Waals surface area contributed by atoms with Crippen molar-refractivity contribution in [1.29, 1.82) is 0 Å². The second-order valence-corrected chi connectivity index (χ2v) is 4.50. The molecule has 0 unspecified atom stereocenters. The Morgan fingerprint density at radius 1 is 1.32 bits per heavy atom. The summed E-state index contributed by atoms with van der Waals surface area (Å²) in [7, 11) is 0. The number of halogens is 2. The Labute approximate surface area is 115 Å². The minimum absolute atomic E-state index is 0.361. The van der Waals surface area contributed by atoms with Gasteiger partial charge in [-0.25, -0.2) is 9.18 Å². The van der Waals surface area contributed by atoms with Gasteiger partial charge in [-0.1, -0.05) is 15.9 Å². The molecular formula is C11H9BrFNO5. The summed E-state index contributed by atoms with van der Waals surface area (Å²) in [6.07, 6.45) is -0.792. The zero-order valence-corrected chi connectivity index (χ0v) is 11.0. The van der Waals surface area contributed by atoms with Crippen molar-refractivity contribution in [2.24, 2.45) is 0 Å². The van der Waals surface area contributed by atoms with Gasteiger partial charge in [-0.2, -0.15) is 0 Å². The van der Waals surface area contributed by atoms with Crippen molar-refractivity contribution in [3.8, 4) is 0 Å². The highest BCUT2D eigenvalue weighted by atomic mass is 79.9. The van der Waals surface area contributed by atoms with Crippen LogP contribution in [-0.4, -0.2) is 34.1 Å². The van der Waals surface area contributed by atoms with Crippen LogP contribution in [0, 0.1) is 5.82 Å². The van der Waals surface area contributed by atoms with E-state index in [0.717, 1.165) is 12.1 Å². The molecule has 0 radical (unpaired) electrons. The highest BCUT2D eigenvalue weighted by Crippen LogP contribution is 2.15. The molecule has 0 aliphatic heterocycles. The third-order valence-corrected chi connectivity index (χ3v) is 2.65. The third kappa shape index (κ3) is 4.32. The fourth-order valence-corrected chi connectivity index (χ4v) is 1.62. The Bertz CT molecular complexity index is 534. The number of hydrogen-bond donors (Lipinski definition) is 3. The number of carboxylic acids is 2. The van der Waals surface area contributed by atoms with Crippen LogP contribution in [0.15, 0.2) is 22.7 Å². The molecule has 1 aromatic rings. The number of hydrogen-bond acceptors (Lipinski definition) is 3. The Hall–Kier alpha value is -1.96. The fraction of sp³-hybridized carbons (Fsp3) is 0.182. The summed E-state index contributed by atoms with van der Waals surface area (Å²) >= 11 is 3.01. The minimum Gasteiger partial charge on any atom is -0.481 e. The molecule has 1 rings (SSSR count). The number of rotatable bonds is 5. The number of nitrogens with one attached hydrogen (secondary N) is 1. The van der Waals surface area contributed by atoms with Gasteiger partial charge in [0.15, 0.2) is 0 Å². The molecule has 3 N–H and O–H groups in total. The van der Waals surface area contributed by atoms with Crippen LogP contribution < -0.4 is 5.32 Å². The topological polar surface area (TPSA) is 104 Å². The molecule has 0 aliphatic rings. The van der Waals surface area contributed by atoms with E-state index in [1.54, 1.807) is 0 Å². The number of aliphatic carboxylic acids is 2. The zero-order valence-electron chi connectivity index (χ0n) is 9.39. The van der Waals surface area contributed by atoms with Crippen molar-refractivity contribution in [2.75, 3.05) is 0 Å². The van der Waals surface area contributed by atoms with E-state index in [0.29, 0.717) is 4.47 Å². The quantitative estimate of drug-likeness (QED) is 0.752. The highest BCUT2D eigenvalue weighted by Gasteiger charge is 2.24. The first-order chi connectivity index (χ1) is 8.81. The molecule has 0 heterocycles. The van der Waals surface area contributed by atoms with Crippen molar-refractivity contribution < 1.29 is 29.0 Å². The molecule has 0 saturated carbocycles. The van der Waals surface area contributed by atoms with Crippen LogP contribution in [0.1, 0.15) is 16.8 Å². The van der Waals surface area contributed by atoms with Crippen LogP contribution in [0.25, 0.3) is 0 Å². The standard InChI is InChI=1S/C11H9BrFNO5/c12-5-1-2-6(7(13)3-5)10(17)14-8(11(18)19)4-9(15)16/h1-3,8H,4H2,(H,14,17)(H,15,16)(H,18,19)/t8-/m0/s1. The van der Waals surface area contributed by atoms with E-state index in [9.17, 15) is 18.8 Å². The van der Waals surface area contributed by atoms with Gasteiger partial charge in [-0.05, 0) is 18.2 Å². The monoisotopic (exact) mass is 333 g/mol. The average molecular weight is 334 g/mol. The van der Waals surface area contributed by atoms with Gasteiger partial charge in [0.25, 0.3) is 5.91 Å². The Kier molecular flexibility index (Phi) is 4.99. The van der Waals surface area contributed by atoms with Gasteiger partial charge in [0.05, 0.1) is 12.0 Å². The van der Waals surface area contributed by atoms with Crippen molar-refractivity contribution in [3.63, 3.8) is 0 Å². The lowest BCUT2D eigenvalue weighted by molar-refractivity contribution is -0.145. The van der Waals surface area contributed by atoms with Crippen LogP contribution in [-0.2, 0) is 9.59 Å². The molecule has 102 valence electrons. The number of benzene rings is 1. The summed E-state index contributed by atoms with van der Waals surface area (Å²) < 4.78 is 13.9. The SMILES string of the molecule is O=C(O)C[C@H](NC(=O)c1ccc(Br)cc1F)C(=O)O. The van der Waals surface area contributed by atoms with Crippen LogP contribution in [0.2, 0.25) is 0 Å². The maximum absolute atomic E-state index is 13.5. The van der Waals surface area contributed by atoms with Crippen molar-refractivity contribution >= 4 is 33.8 Å². The van der Waals surface area contributed by atoms with Crippen LogP contribution in [0.4, 0.5) is 4.39 Å². The molecule has 0 aromatic heterocycles. The lowest BCUT2D eigenvalue weighted by Crippen LogP contribution is -2.42. The molecule has 0 bridgehead atoms. The molecule has 0 spiro atoms. The normalized spacial score (nSPS) is 11.7. The van der Waals surface area contributed by atoms with Crippen molar-refractivity contribution in [2.45, 2.75) is 12.5 Å². The smallest absolute Gasteiger partial charge is 0.326 e. The summed E-state index contributed by atoms with van der Waals surface area (Å²) in [5.41, 5.74) is -0.361. The predicted octanol–water partition coefficient (Wildman–Crippen LogP) is 1.25. The van der Waals surface area contributed by atoms with Gasteiger partial charge >= 0.3 is 11.9 Å². The second-order valence-electron chi connectivity index (χ2n) is 3.59. The lowest BCUT2D eigenvalue weighted by Gasteiger charge is -2.12. The maximum atomic E-state index is 13.5. The van der Waals surface area contributed by atoms with E-state index in [-0.39, 0.29) is 5.56 Å². The lowest BCUT2D eigenvalue weighted by atomic mass is 10.1. The fourth-order valence-electron chi connectivity index (χ4n) is 1.28. The van der Waals surface area contributed by atoms with E-state index in [4.69, 9.17) is 10.2 Å². The molecule has 1 atom stereocenters. The van der Waals surface area contributed by atoms with E-state index in [1.807, 2.05) is 5.32 Å². The van der Waals surface area contributed by atoms with Crippen LogP contribution >= 0.6 is 15.9 Å². The molecule has 1 aromatic carbocycles. The number of carboxylic acid groups (broad SMARTS) is 2. The molecule has 1 amide bonds. The van der Waals surface area contributed by atoms with Gasteiger partial charge < -0.3 is 15.5 Å². The van der Waals surface area contributed by atoms with Gasteiger partial charge in [-0.15, -0.1) is 0 Å². The first-order valence-electron chi connectivity index (χ1n) is 5.01. The summed E-state index contributed by atoms with van der Waals surface area (Å²) in [6.45, 7) is 0. The van der Waals surface area contributed by atoms with Gasteiger partial charge in [-0.3, -0.25) is 9.59 Å². The summed E-state index contributed by atoms with van der Waals surface area (Å²) in [5, 5.41) is 19.2. The summed E-state index contributed by atoms with van der Waals surface area (Å²) in [5.74, 6) is -4.72. The van der Waals surface area contributed by atoms with Gasteiger partial charge in [0, 0.05) is 4.47 Å². The summed E-state index contributed by atoms with van der Waals surface area (Å²) in [6, 6.07) is 1.99.